The van der Waals surface area contributed by atoms with E-state index < -0.39 is 5.60 Å². The molecule has 8 heteroatoms. The van der Waals surface area contributed by atoms with Crippen molar-refractivity contribution in [1.29, 1.82) is 5.26 Å². The van der Waals surface area contributed by atoms with Crippen molar-refractivity contribution in [2.75, 3.05) is 26.2 Å². The van der Waals surface area contributed by atoms with Gasteiger partial charge in [0, 0.05) is 37.5 Å². The van der Waals surface area contributed by atoms with Crippen LogP contribution in [0.1, 0.15) is 71.3 Å². The topological polar surface area (TPSA) is 86.4 Å². The normalized spacial score (nSPS) is 22.8. The minimum absolute atomic E-state index is 0.0802. The number of piperidine rings is 1. The van der Waals surface area contributed by atoms with E-state index in [4.69, 9.17) is 4.74 Å². The minimum atomic E-state index is -0.505. The van der Waals surface area contributed by atoms with E-state index in [-0.39, 0.29) is 29.8 Å². The predicted molar refractivity (Wildman–Crippen MR) is 139 cm³/mol. The Labute approximate surface area is 219 Å². The van der Waals surface area contributed by atoms with Crippen LogP contribution in [0.5, 0.6) is 5.75 Å². The molecule has 0 spiro atoms. The summed E-state index contributed by atoms with van der Waals surface area (Å²) in [5.41, 5.74) is 1.39. The van der Waals surface area contributed by atoms with E-state index in [1.807, 2.05) is 32.9 Å². The highest BCUT2D eigenvalue weighted by Gasteiger charge is 2.34. The minimum Gasteiger partial charge on any atom is -0.580 e. The van der Waals surface area contributed by atoms with E-state index in [0.29, 0.717) is 50.8 Å². The Morgan fingerprint density at radius 3 is 2.54 bits per heavy atom. The van der Waals surface area contributed by atoms with Crippen molar-refractivity contribution in [3.8, 4) is 11.8 Å². The molecule has 3 aliphatic rings. The Kier molecular flexibility index (Phi) is 8.41. The quantitative estimate of drug-likeness (QED) is 0.494. The van der Waals surface area contributed by atoms with Crippen molar-refractivity contribution < 1.29 is 23.5 Å². The third-order valence-corrected chi connectivity index (χ3v) is 7.55. The van der Waals surface area contributed by atoms with Crippen LogP contribution in [-0.4, -0.2) is 64.4 Å². The molecule has 2 aliphatic heterocycles. The van der Waals surface area contributed by atoms with Crippen molar-refractivity contribution in [2.24, 2.45) is 11.8 Å². The maximum Gasteiger partial charge on any atom is 0.410 e. The Bertz CT molecular complexity index is 1070. The van der Waals surface area contributed by atoms with Crippen LogP contribution in [0, 0.1) is 29.0 Å². The maximum absolute atomic E-state index is 14.9. The molecule has 1 unspecified atom stereocenters. The van der Waals surface area contributed by atoms with E-state index in [0.717, 1.165) is 43.2 Å². The summed E-state index contributed by atoms with van der Waals surface area (Å²) < 4.78 is 24.9. The van der Waals surface area contributed by atoms with Gasteiger partial charge in [0.1, 0.15) is 11.6 Å². The molecule has 2 amide bonds. The lowest BCUT2D eigenvalue weighted by Crippen LogP contribution is -2.42. The van der Waals surface area contributed by atoms with Crippen LogP contribution in [-0.2, 0) is 9.53 Å². The largest absolute Gasteiger partial charge is 0.580 e. The zero-order valence-electron chi connectivity index (χ0n) is 22.2. The second kappa shape index (κ2) is 11.5. The second-order valence-corrected chi connectivity index (χ2v) is 11.4. The summed E-state index contributed by atoms with van der Waals surface area (Å²) in [6.07, 6.45) is 7.12. The molecule has 0 bridgehead atoms. The Morgan fingerprint density at radius 1 is 1.16 bits per heavy atom. The van der Waals surface area contributed by atoms with Crippen molar-refractivity contribution in [3.63, 3.8) is 0 Å². The number of aliphatic hydroxyl groups is 1. The first kappa shape index (κ1) is 27.0. The Morgan fingerprint density at radius 2 is 1.92 bits per heavy atom. The smallest absolute Gasteiger partial charge is 0.410 e. The molecule has 7 nitrogen and oxygen atoms in total. The van der Waals surface area contributed by atoms with Gasteiger partial charge in [0.2, 0.25) is 11.7 Å². The van der Waals surface area contributed by atoms with Gasteiger partial charge in [-0.3, -0.25) is 4.79 Å². The molecule has 1 aromatic carbocycles. The molecule has 4 rings (SSSR count). The van der Waals surface area contributed by atoms with Gasteiger partial charge in [0.15, 0.2) is 6.61 Å². The Balaban J connectivity index is 1.26. The number of allylic oxidation sites excluding steroid dienone is 2. The lowest BCUT2D eigenvalue weighted by Gasteiger charge is -2.32. The van der Waals surface area contributed by atoms with Gasteiger partial charge >= 0.3 is 6.09 Å². The van der Waals surface area contributed by atoms with E-state index in [2.05, 4.69) is 10.8 Å². The SMILES string of the molecule is CC(C)(C)OC(=O)N1CCC(C[OH+]c2ccc(C3=CCC(C(=O)N4CCC[C@H]4C#N)CC3)cc2F)CC1. The van der Waals surface area contributed by atoms with Gasteiger partial charge in [-0.1, -0.05) is 6.08 Å². The molecule has 0 radical (unpaired) electrons. The number of nitriles is 1. The van der Waals surface area contributed by atoms with Crippen LogP contribution in [0.15, 0.2) is 24.3 Å². The Hall–Kier alpha value is -3.08. The highest BCUT2D eigenvalue weighted by molar-refractivity contribution is 5.81. The molecule has 0 saturated carbocycles. The lowest BCUT2D eigenvalue weighted by molar-refractivity contribution is -0.135. The van der Waals surface area contributed by atoms with Crippen LogP contribution in [0.2, 0.25) is 0 Å². The number of carbonyl (C=O) groups is 2. The van der Waals surface area contributed by atoms with Gasteiger partial charge in [-0.05, 0) is 89.0 Å². The molecule has 1 aromatic rings. The lowest BCUT2D eigenvalue weighted by atomic mass is 9.85. The maximum atomic E-state index is 14.9. The van der Waals surface area contributed by atoms with Gasteiger partial charge in [0.25, 0.3) is 5.75 Å². The fourth-order valence-electron chi connectivity index (χ4n) is 5.41. The average Bonchev–Trinajstić information content (AvgIpc) is 3.36. The van der Waals surface area contributed by atoms with Gasteiger partial charge in [-0.15, -0.1) is 0 Å². The van der Waals surface area contributed by atoms with Gasteiger partial charge in [0.05, 0.1) is 6.07 Å². The molecule has 1 aliphatic carbocycles. The van der Waals surface area contributed by atoms with Crippen LogP contribution in [0.3, 0.4) is 0 Å². The molecule has 200 valence electrons. The number of nitrogens with zero attached hydrogens (tertiary/aromatic N) is 3. The summed E-state index contributed by atoms with van der Waals surface area (Å²) in [4.78, 5) is 28.6. The van der Waals surface area contributed by atoms with E-state index >= 15 is 0 Å². The van der Waals surface area contributed by atoms with Gasteiger partial charge < -0.3 is 19.3 Å². The van der Waals surface area contributed by atoms with Gasteiger partial charge in [-0.2, -0.15) is 9.65 Å². The zero-order valence-corrected chi connectivity index (χ0v) is 22.2. The highest BCUT2D eigenvalue weighted by atomic mass is 19.1. The second-order valence-electron chi connectivity index (χ2n) is 11.4. The summed E-state index contributed by atoms with van der Waals surface area (Å²) >= 11 is 0. The molecule has 0 aromatic heterocycles. The van der Waals surface area contributed by atoms with Crippen molar-refractivity contribution in [1.82, 2.24) is 9.80 Å². The average molecular weight is 513 g/mol. The summed E-state index contributed by atoms with van der Waals surface area (Å²) in [7, 11) is 0. The fourth-order valence-corrected chi connectivity index (χ4v) is 5.41. The predicted octanol–water partition coefficient (Wildman–Crippen LogP) is 5.41. The fraction of sp³-hybridized carbons (Fsp3) is 0.621. The molecule has 2 fully saturated rings. The number of aromatic hydroxyl groups is 1. The first-order valence-electron chi connectivity index (χ1n) is 13.5. The number of carbonyl (C=O) groups excluding carboxylic acids is 2. The first-order chi connectivity index (χ1) is 17.6. The van der Waals surface area contributed by atoms with E-state index in [1.54, 1.807) is 21.9 Å². The molecule has 2 atom stereocenters. The monoisotopic (exact) mass is 512 g/mol. The number of ether oxygens (including phenoxy) is 2. The molecular weight excluding hydrogens is 473 g/mol. The molecular formula is C29H39FN3O4+. The van der Waals surface area contributed by atoms with Crippen LogP contribution in [0.25, 0.3) is 5.57 Å². The summed E-state index contributed by atoms with van der Waals surface area (Å²) in [5, 5.41) is 9.28. The molecule has 2 saturated heterocycles. The van der Waals surface area contributed by atoms with Crippen molar-refractivity contribution >= 4 is 17.6 Å². The van der Waals surface area contributed by atoms with E-state index in [9.17, 15) is 19.2 Å². The third-order valence-electron chi connectivity index (χ3n) is 7.55. The van der Waals surface area contributed by atoms with Crippen LogP contribution >= 0.6 is 0 Å². The van der Waals surface area contributed by atoms with Crippen LogP contribution < -0.4 is 0 Å². The van der Waals surface area contributed by atoms with Crippen molar-refractivity contribution in [2.45, 2.75) is 77.4 Å². The van der Waals surface area contributed by atoms with Gasteiger partial charge in [-0.25, -0.2) is 4.79 Å². The molecule has 37 heavy (non-hydrogen) atoms. The number of benzene rings is 1. The summed E-state index contributed by atoms with van der Waals surface area (Å²) in [6.45, 7) is 8.04. The number of hydrogen-bond acceptors (Lipinski definition) is 4. The van der Waals surface area contributed by atoms with Crippen molar-refractivity contribution in [3.05, 3.63) is 35.7 Å². The highest BCUT2D eigenvalue weighted by Crippen LogP contribution is 2.34. The summed E-state index contributed by atoms with van der Waals surface area (Å²) in [5.74, 6) is 0.316. The van der Waals surface area contributed by atoms with E-state index in [1.165, 1.54) is 0 Å². The van der Waals surface area contributed by atoms with Crippen LogP contribution in [0.4, 0.5) is 9.18 Å². The number of hydrogen-bond donors (Lipinski definition) is 0. The number of likely N-dealkylation sites (tertiary alicyclic amines) is 2. The first-order valence-corrected chi connectivity index (χ1v) is 13.5. The zero-order chi connectivity index (χ0) is 26.6. The number of halogens is 1. The molecule has 1 N–H and O–H groups in total. The standard InChI is InChI=1S/C29H38FN3O4/c1-29(2,3)37-28(35)32-15-12-20(13-16-32)19-36-26-11-10-23(17-25(26)30)21-6-8-22(9-7-21)27(34)33-14-4-5-24(33)18-31/h6,10-11,17,20,22,24H,4-5,7-9,12-16,19H2,1-3H3/p+1/t22?,24-/m0/s1. The number of rotatable bonds is 5. The number of amides is 2. The molecule has 2 heterocycles. The third kappa shape index (κ3) is 6.82. The summed E-state index contributed by atoms with van der Waals surface area (Å²) in [6, 6.07) is 7.14.